The molecular formula is C26H31ClN4O3. The van der Waals surface area contributed by atoms with E-state index in [1.54, 1.807) is 12.1 Å². The molecule has 3 unspecified atom stereocenters. The molecule has 0 aliphatic heterocycles. The van der Waals surface area contributed by atoms with Crippen LogP contribution in [0.15, 0.2) is 35.5 Å². The highest BCUT2D eigenvalue weighted by Crippen LogP contribution is 2.62. The van der Waals surface area contributed by atoms with Crippen LogP contribution in [0.1, 0.15) is 62.5 Å². The van der Waals surface area contributed by atoms with E-state index in [9.17, 15) is 10.0 Å². The van der Waals surface area contributed by atoms with Gasteiger partial charge in [-0.2, -0.15) is 0 Å². The number of nitrogens with one attached hydrogen (secondary N) is 1. The highest BCUT2D eigenvalue weighted by Gasteiger charge is 2.57. The quantitative estimate of drug-likeness (QED) is 0.435. The van der Waals surface area contributed by atoms with Crippen LogP contribution in [0.3, 0.4) is 0 Å². The Morgan fingerprint density at radius 2 is 2.15 bits per heavy atom. The first kappa shape index (κ1) is 23.1. The summed E-state index contributed by atoms with van der Waals surface area (Å²) in [5.74, 6) is 2.48. The van der Waals surface area contributed by atoms with E-state index in [2.05, 4.69) is 39.7 Å². The molecule has 1 amide bonds. The molecule has 2 fully saturated rings. The number of oxime groups is 1. The number of ether oxygens (including phenoxy) is 1. The fraction of sp³-hybridized carbons (Fsp3) is 0.538. The highest BCUT2D eigenvalue weighted by atomic mass is 35.5. The number of nitrogens with zero attached hydrogens (tertiary/aromatic N) is 3. The molecule has 0 radical (unpaired) electrons. The number of hydrogen-bond acceptors (Lipinski definition) is 6. The summed E-state index contributed by atoms with van der Waals surface area (Å²) in [7, 11) is 1.53. The number of aryl methyl sites for hydroxylation is 1. The summed E-state index contributed by atoms with van der Waals surface area (Å²) in [5, 5.41) is 25.2. The molecule has 7 nitrogen and oxygen atoms in total. The minimum atomic E-state index is -0.109. The van der Waals surface area contributed by atoms with E-state index < -0.39 is 0 Å². The predicted octanol–water partition coefficient (Wildman–Crippen LogP) is 5.47. The maximum Gasteiger partial charge on any atom is 0.233 e. The Hall–Kier alpha value is -2.67. The predicted molar refractivity (Wildman–Crippen MR) is 131 cm³/mol. The Morgan fingerprint density at radius 3 is 2.88 bits per heavy atom. The van der Waals surface area contributed by atoms with Gasteiger partial charge in [-0.1, -0.05) is 29.7 Å². The van der Waals surface area contributed by atoms with Gasteiger partial charge < -0.3 is 15.3 Å². The zero-order chi connectivity index (χ0) is 23.9. The Balaban J connectivity index is 1.32. The zero-order valence-electron chi connectivity index (χ0n) is 19.6. The van der Waals surface area contributed by atoms with Crippen molar-refractivity contribution in [3.05, 3.63) is 46.5 Å². The van der Waals surface area contributed by atoms with Gasteiger partial charge in [0.25, 0.3) is 0 Å². The standard InChI is InChI=1S/C26H31ClN4O3/c1-26-12-11-19-18-7-5-17(27)13-15(18)3-6-20(19)25(26)16(14-21(26)31-33)4-9-23(32)28-22-8-10-24(34-2)30-29-22/h5,7-8,10,13,16,19-20,25,33H,3-4,6,9,11-12,14H2,1-2H3,(H,28,29,32)/b31-21+/t16-,19?,20?,25?,26-/m1/s1. The van der Waals surface area contributed by atoms with Crippen LogP contribution in [0.25, 0.3) is 0 Å². The van der Waals surface area contributed by atoms with Crippen LogP contribution >= 0.6 is 11.6 Å². The normalized spacial score (nSPS) is 30.9. The maximum absolute atomic E-state index is 12.7. The van der Waals surface area contributed by atoms with Crippen LogP contribution in [0, 0.1) is 23.2 Å². The van der Waals surface area contributed by atoms with E-state index >= 15 is 0 Å². The molecule has 0 spiro atoms. The lowest BCUT2D eigenvalue weighted by atomic mass is 9.54. The van der Waals surface area contributed by atoms with Crippen LogP contribution in [-0.4, -0.2) is 34.1 Å². The summed E-state index contributed by atoms with van der Waals surface area (Å²) >= 11 is 6.27. The molecule has 5 rings (SSSR count). The first-order valence-corrected chi connectivity index (χ1v) is 12.5. The Labute approximate surface area is 204 Å². The Kier molecular flexibility index (Phi) is 6.23. The first-order chi connectivity index (χ1) is 16.4. The van der Waals surface area contributed by atoms with Crippen molar-refractivity contribution in [3.63, 3.8) is 0 Å². The summed E-state index contributed by atoms with van der Waals surface area (Å²) in [6, 6.07) is 9.71. The Bertz CT molecular complexity index is 1110. The number of anilines is 1. The molecule has 2 saturated carbocycles. The summed E-state index contributed by atoms with van der Waals surface area (Å²) in [6.45, 7) is 2.27. The number of carbonyl (C=O) groups is 1. The van der Waals surface area contributed by atoms with Gasteiger partial charge in [-0.3, -0.25) is 4.79 Å². The van der Waals surface area contributed by atoms with E-state index in [1.165, 1.54) is 18.2 Å². The van der Waals surface area contributed by atoms with E-state index in [1.807, 2.05) is 6.07 Å². The Morgan fingerprint density at radius 1 is 1.29 bits per heavy atom. The van der Waals surface area contributed by atoms with Crippen molar-refractivity contribution in [2.75, 3.05) is 12.4 Å². The number of halogens is 1. The fourth-order valence-corrected chi connectivity index (χ4v) is 7.26. The molecule has 2 N–H and O–H groups in total. The second kappa shape index (κ2) is 9.17. The van der Waals surface area contributed by atoms with E-state index in [4.69, 9.17) is 16.3 Å². The lowest BCUT2D eigenvalue weighted by molar-refractivity contribution is -0.116. The number of benzene rings is 1. The van der Waals surface area contributed by atoms with Gasteiger partial charge >= 0.3 is 0 Å². The molecule has 3 aliphatic carbocycles. The summed E-state index contributed by atoms with van der Waals surface area (Å²) in [6.07, 6.45) is 6.14. The second-order valence-corrected chi connectivity index (χ2v) is 10.6. The van der Waals surface area contributed by atoms with Crippen LogP contribution in [0.2, 0.25) is 5.02 Å². The van der Waals surface area contributed by atoms with Gasteiger partial charge in [0.2, 0.25) is 11.8 Å². The van der Waals surface area contributed by atoms with Crippen LogP contribution in [0.4, 0.5) is 5.82 Å². The molecule has 2 aromatic rings. The monoisotopic (exact) mass is 482 g/mol. The fourth-order valence-electron chi connectivity index (χ4n) is 7.07. The smallest absolute Gasteiger partial charge is 0.233 e. The van der Waals surface area contributed by atoms with Gasteiger partial charge in [-0.25, -0.2) is 0 Å². The topological polar surface area (TPSA) is 96.7 Å². The molecule has 1 aromatic carbocycles. The van der Waals surface area contributed by atoms with E-state index in [0.717, 1.165) is 49.3 Å². The number of amides is 1. The van der Waals surface area contributed by atoms with Gasteiger partial charge in [0, 0.05) is 22.9 Å². The highest BCUT2D eigenvalue weighted by molar-refractivity contribution is 6.30. The molecule has 180 valence electrons. The van der Waals surface area contributed by atoms with Crippen molar-refractivity contribution in [2.45, 2.75) is 57.8 Å². The lowest BCUT2D eigenvalue weighted by Crippen LogP contribution is -2.44. The van der Waals surface area contributed by atoms with E-state index in [0.29, 0.717) is 41.8 Å². The summed E-state index contributed by atoms with van der Waals surface area (Å²) < 4.78 is 5.02. The summed E-state index contributed by atoms with van der Waals surface area (Å²) in [4.78, 5) is 12.7. The van der Waals surface area contributed by atoms with Crippen molar-refractivity contribution in [1.82, 2.24) is 10.2 Å². The minimum absolute atomic E-state index is 0.0773. The molecule has 34 heavy (non-hydrogen) atoms. The van der Waals surface area contributed by atoms with Gasteiger partial charge in [-0.15, -0.1) is 10.2 Å². The molecule has 5 atom stereocenters. The van der Waals surface area contributed by atoms with Crippen LogP contribution in [0.5, 0.6) is 5.88 Å². The van der Waals surface area contributed by atoms with Gasteiger partial charge in [0.1, 0.15) is 0 Å². The number of aromatic nitrogens is 2. The molecule has 3 aliphatic rings. The van der Waals surface area contributed by atoms with Crippen molar-refractivity contribution < 1.29 is 14.7 Å². The number of carbonyl (C=O) groups excluding carboxylic acids is 1. The second-order valence-electron chi connectivity index (χ2n) is 10.2. The molecule has 1 aromatic heterocycles. The SMILES string of the molecule is COc1ccc(NC(=O)CC[C@@H]2C/C(=N\O)[C@@]3(C)CCC4c5ccc(Cl)cc5CCC4C23)nn1. The van der Waals surface area contributed by atoms with Crippen molar-refractivity contribution in [1.29, 1.82) is 0 Å². The van der Waals surface area contributed by atoms with E-state index in [-0.39, 0.29) is 11.3 Å². The third kappa shape index (κ3) is 4.04. The van der Waals surface area contributed by atoms with Crippen molar-refractivity contribution in [2.24, 2.45) is 28.3 Å². The molecular weight excluding hydrogens is 452 g/mol. The zero-order valence-corrected chi connectivity index (χ0v) is 20.4. The lowest BCUT2D eigenvalue weighted by Gasteiger charge is -2.50. The summed E-state index contributed by atoms with van der Waals surface area (Å²) in [5.41, 5.74) is 3.61. The number of rotatable bonds is 5. The third-order valence-corrected chi connectivity index (χ3v) is 8.78. The minimum Gasteiger partial charge on any atom is -0.480 e. The van der Waals surface area contributed by atoms with Crippen LogP contribution in [-0.2, 0) is 11.2 Å². The maximum atomic E-state index is 12.7. The van der Waals surface area contributed by atoms with Gasteiger partial charge in [0.05, 0.1) is 12.8 Å². The van der Waals surface area contributed by atoms with Crippen LogP contribution < -0.4 is 10.1 Å². The first-order valence-electron chi connectivity index (χ1n) is 12.1. The van der Waals surface area contributed by atoms with Crippen molar-refractivity contribution >= 4 is 29.0 Å². The van der Waals surface area contributed by atoms with Gasteiger partial charge in [-0.05, 0) is 91.5 Å². The number of hydrogen-bond donors (Lipinski definition) is 2. The average Bonchev–Trinajstić information content (AvgIpc) is 3.14. The largest absolute Gasteiger partial charge is 0.480 e. The molecule has 0 saturated heterocycles. The molecule has 8 heteroatoms. The van der Waals surface area contributed by atoms with Crippen molar-refractivity contribution in [3.8, 4) is 5.88 Å². The molecule has 1 heterocycles. The third-order valence-electron chi connectivity index (χ3n) is 8.54. The van der Waals surface area contributed by atoms with Gasteiger partial charge in [0.15, 0.2) is 5.82 Å². The average molecular weight is 483 g/mol. The number of fused-ring (bicyclic) bond motifs is 5. The number of methoxy groups -OCH3 is 1. The molecule has 0 bridgehead atoms.